The van der Waals surface area contributed by atoms with Gasteiger partial charge in [-0.25, -0.2) is 0 Å². The Bertz CT molecular complexity index is 611. The Morgan fingerprint density at radius 3 is 2.41 bits per heavy atom. The summed E-state index contributed by atoms with van der Waals surface area (Å²) in [6, 6.07) is 12.2. The van der Waals surface area contributed by atoms with E-state index in [1.807, 2.05) is 13.0 Å². The number of rotatable bonds is 7. The van der Waals surface area contributed by atoms with Gasteiger partial charge in [-0.2, -0.15) is 0 Å². The average molecular weight is 320 g/mol. The second-order valence-corrected chi connectivity index (χ2v) is 5.52. The van der Waals surface area contributed by atoms with Crippen LogP contribution < -0.4 is 14.8 Å². The topological polar surface area (TPSA) is 30.5 Å². The molecule has 0 aliphatic rings. The summed E-state index contributed by atoms with van der Waals surface area (Å²) in [6.07, 6.45) is 0. The lowest BCUT2D eigenvalue weighted by molar-refractivity contribution is 0.310. The van der Waals surface area contributed by atoms with Crippen LogP contribution in [0.4, 0.5) is 0 Å². The standard InChI is InChI=1S/C18H22ClNO2/c1-4-22-18-9-15(16(19)10-17(18)21-3)12-20-11-14-7-5-13(2)6-8-14/h5-10,20H,4,11-12H2,1-3H3. The number of aryl methyl sites for hydroxylation is 1. The Hall–Kier alpha value is -1.71. The van der Waals surface area contributed by atoms with Gasteiger partial charge in [0.05, 0.1) is 13.7 Å². The molecule has 0 saturated heterocycles. The van der Waals surface area contributed by atoms with E-state index in [2.05, 4.69) is 36.5 Å². The van der Waals surface area contributed by atoms with Crippen molar-refractivity contribution in [3.05, 3.63) is 58.1 Å². The highest BCUT2D eigenvalue weighted by atomic mass is 35.5. The lowest BCUT2D eigenvalue weighted by Crippen LogP contribution is -2.13. The smallest absolute Gasteiger partial charge is 0.162 e. The Balaban J connectivity index is 2.02. The SMILES string of the molecule is CCOc1cc(CNCc2ccc(C)cc2)c(Cl)cc1OC. The van der Waals surface area contributed by atoms with E-state index in [1.165, 1.54) is 11.1 Å². The second kappa shape index (κ2) is 8.06. The summed E-state index contributed by atoms with van der Waals surface area (Å²) in [7, 11) is 1.61. The molecule has 118 valence electrons. The van der Waals surface area contributed by atoms with Crippen LogP contribution in [0.1, 0.15) is 23.6 Å². The molecule has 0 radical (unpaired) electrons. The van der Waals surface area contributed by atoms with Crippen LogP contribution in [0.2, 0.25) is 5.02 Å². The highest BCUT2D eigenvalue weighted by molar-refractivity contribution is 6.31. The first-order valence-corrected chi connectivity index (χ1v) is 7.77. The molecule has 22 heavy (non-hydrogen) atoms. The van der Waals surface area contributed by atoms with Crippen LogP contribution in [0.25, 0.3) is 0 Å². The minimum Gasteiger partial charge on any atom is -0.493 e. The summed E-state index contributed by atoms with van der Waals surface area (Å²) in [5, 5.41) is 4.08. The van der Waals surface area contributed by atoms with Gasteiger partial charge < -0.3 is 14.8 Å². The van der Waals surface area contributed by atoms with Crippen molar-refractivity contribution in [3.63, 3.8) is 0 Å². The van der Waals surface area contributed by atoms with E-state index in [4.69, 9.17) is 21.1 Å². The Labute approximate surface area is 137 Å². The summed E-state index contributed by atoms with van der Waals surface area (Å²) in [5.41, 5.74) is 3.52. The van der Waals surface area contributed by atoms with Crippen molar-refractivity contribution in [1.82, 2.24) is 5.32 Å². The van der Waals surface area contributed by atoms with Crippen LogP contribution in [0.15, 0.2) is 36.4 Å². The van der Waals surface area contributed by atoms with Crippen molar-refractivity contribution in [2.24, 2.45) is 0 Å². The zero-order chi connectivity index (χ0) is 15.9. The molecule has 0 fully saturated rings. The van der Waals surface area contributed by atoms with Crippen LogP contribution in [-0.4, -0.2) is 13.7 Å². The molecule has 2 rings (SSSR count). The Kier molecular flexibility index (Phi) is 6.10. The minimum atomic E-state index is 0.591. The molecule has 0 bridgehead atoms. The summed E-state index contributed by atoms with van der Waals surface area (Å²) >= 11 is 6.31. The molecule has 0 spiro atoms. The monoisotopic (exact) mass is 319 g/mol. The summed E-state index contributed by atoms with van der Waals surface area (Å²) in [4.78, 5) is 0. The van der Waals surface area contributed by atoms with E-state index >= 15 is 0 Å². The van der Waals surface area contributed by atoms with Crippen molar-refractivity contribution in [1.29, 1.82) is 0 Å². The molecular formula is C18H22ClNO2. The third kappa shape index (κ3) is 4.39. The second-order valence-electron chi connectivity index (χ2n) is 5.12. The van der Waals surface area contributed by atoms with E-state index in [0.29, 0.717) is 23.9 Å². The van der Waals surface area contributed by atoms with Crippen LogP contribution in [-0.2, 0) is 13.1 Å². The fraction of sp³-hybridized carbons (Fsp3) is 0.333. The lowest BCUT2D eigenvalue weighted by Gasteiger charge is -2.13. The molecule has 0 amide bonds. The number of benzene rings is 2. The number of hydrogen-bond donors (Lipinski definition) is 1. The lowest BCUT2D eigenvalue weighted by atomic mass is 10.1. The van der Waals surface area contributed by atoms with E-state index in [1.54, 1.807) is 13.2 Å². The molecule has 0 heterocycles. The molecular weight excluding hydrogens is 298 g/mol. The number of hydrogen-bond acceptors (Lipinski definition) is 3. The van der Waals surface area contributed by atoms with Gasteiger partial charge in [0, 0.05) is 24.2 Å². The molecule has 0 aromatic heterocycles. The minimum absolute atomic E-state index is 0.591. The first kappa shape index (κ1) is 16.7. The molecule has 0 aliphatic heterocycles. The molecule has 4 heteroatoms. The van der Waals surface area contributed by atoms with Gasteiger partial charge in [-0.05, 0) is 31.0 Å². The number of halogens is 1. The van der Waals surface area contributed by atoms with Crippen LogP contribution >= 0.6 is 11.6 Å². The Morgan fingerprint density at radius 2 is 1.77 bits per heavy atom. The summed E-state index contributed by atoms with van der Waals surface area (Å²) in [5.74, 6) is 1.38. The third-order valence-corrected chi connectivity index (χ3v) is 3.75. The van der Waals surface area contributed by atoms with Crippen LogP contribution in [0.3, 0.4) is 0 Å². The van der Waals surface area contributed by atoms with Gasteiger partial charge in [-0.3, -0.25) is 0 Å². The maximum atomic E-state index is 6.31. The number of ether oxygens (including phenoxy) is 2. The highest BCUT2D eigenvalue weighted by Gasteiger charge is 2.10. The summed E-state index contributed by atoms with van der Waals surface area (Å²) < 4.78 is 10.9. The van der Waals surface area contributed by atoms with Crippen molar-refractivity contribution in [2.75, 3.05) is 13.7 Å². The van der Waals surface area contributed by atoms with Gasteiger partial charge in [0.25, 0.3) is 0 Å². The highest BCUT2D eigenvalue weighted by Crippen LogP contribution is 2.33. The molecule has 3 nitrogen and oxygen atoms in total. The quantitative estimate of drug-likeness (QED) is 0.823. The number of methoxy groups -OCH3 is 1. The normalized spacial score (nSPS) is 10.5. The third-order valence-electron chi connectivity index (χ3n) is 3.40. The molecule has 0 aliphatic carbocycles. The van der Waals surface area contributed by atoms with Gasteiger partial charge in [0.2, 0.25) is 0 Å². The van der Waals surface area contributed by atoms with Crippen LogP contribution in [0, 0.1) is 6.92 Å². The van der Waals surface area contributed by atoms with Gasteiger partial charge in [0.1, 0.15) is 0 Å². The molecule has 0 atom stereocenters. The average Bonchev–Trinajstić information content (AvgIpc) is 2.52. The maximum Gasteiger partial charge on any atom is 0.162 e. The summed E-state index contributed by atoms with van der Waals surface area (Å²) in [6.45, 7) is 6.10. The van der Waals surface area contributed by atoms with Crippen LogP contribution in [0.5, 0.6) is 11.5 Å². The molecule has 2 aromatic carbocycles. The van der Waals surface area contributed by atoms with Gasteiger partial charge in [0.15, 0.2) is 11.5 Å². The molecule has 2 aromatic rings. The zero-order valence-electron chi connectivity index (χ0n) is 13.3. The Morgan fingerprint density at radius 1 is 1.05 bits per heavy atom. The molecule has 0 unspecified atom stereocenters. The van der Waals surface area contributed by atoms with Gasteiger partial charge >= 0.3 is 0 Å². The van der Waals surface area contributed by atoms with Crippen molar-refractivity contribution in [3.8, 4) is 11.5 Å². The van der Waals surface area contributed by atoms with E-state index < -0.39 is 0 Å². The maximum absolute atomic E-state index is 6.31. The van der Waals surface area contributed by atoms with Gasteiger partial charge in [-0.15, -0.1) is 0 Å². The fourth-order valence-electron chi connectivity index (χ4n) is 2.19. The van der Waals surface area contributed by atoms with E-state index in [9.17, 15) is 0 Å². The van der Waals surface area contributed by atoms with Gasteiger partial charge in [-0.1, -0.05) is 41.4 Å². The van der Waals surface area contributed by atoms with Crippen molar-refractivity contribution in [2.45, 2.75) is 26.9 Å². The molecule has 0 saturated carbocycles. The fourth-order valence-corrected chi connectivity index (χ4v) is 2.41. The van der Waals surface area contributed by atoms with Crippen molar-refractivity contribution < 1.29 is 9.47 Å². The van der Waals surface area contributed by atoms with Crippen molar-refractivity contribution >= 4 is 11.6 Å². The first-order valence-electron chi connectivity index (χ1n) is 7.39. The number of nitrogens with one attached hydrogen (secondary N) is 1. The van der Waals surface area contributed by atoms with E-state index in [0.717, 1.165) is 17.9 Å². The predicted octanol–water partition coefficient (Wildman–Crippen LogP) is 4.35. The zero-order valence-corrected chi connectivity index (χ0v) is 14.0. The molecule has 1 N–H and O–H groups in total. The first-order chi connectivity index (χ1) is 10.6. The predicted molar refractivity (Wildman–Crippen MR) is 90.9 cm³/mol. The van der Waals surface area contributed by atoms with E-state index in [-0.39, 0.29) is 0 Å². The largest absolute Gasteiger partial charge is 0.493 e.